The van der Waals surface area contributed by atoms with Crippen LogP contribution in [0.4, 0.5) is 23.2 Å². The Kier molecular flexibility index (Phi) is 8.91. The van der Waals surface area contributed by atoms with Gasteiger partial charge in [0.25, 0.3) is 5.91 Å². The van der Waals surface area contributed by atoms with Gasteiger partial charge < -0.3 is 26.2 Å². The van der Waals surface area contributed by atoms with Gasteiger partial charge in [-0.2, -0.15) is 18.3 Å². The van der Waals surface area contributed by atoms with Crippen LogP contribution in [-0.2, 0) is 10.2 Å². The van der Waals surface area contributed by atoms with Crippen LogP contribution in [0, 0.1) is 12.7 Å². The van der Waals surface area contributed by atoms with E-state index in [1.165, 1.54) is 45.4 Å². The molecule has 0 fully saturated rings. The Labute approximate surface area is 251 Å². The molecule has 0 bridgehead atoms. The van der Waals surface area contributed by atoms with Gasteiger partial charge in [-0.25, -0.2) is 9.07 Å². The standard InChI is InChI=1S/C31H33F4N5O4/c1-18-11-24(22-14-39-40(25(22)12-18)21-8-5-19(6-9-21)28(42)37-15-27(36)41)38-17-30(43,31(33,34)35)16-29(2,3)23-13-20(32)7-10-26(23)44-4/h5-14,38,43H,15-17H2,1-4H3,(H2,36,41)(H,37,42). The summed E-state index contributed by atoms with van der Waals surface area (Å²) in [6.07, 6.45) is -4.33. The van der Waals surface area contributed by atoms with Gasteiger partial charge in [-0.3, -0.25) is 9.59 Å². The number of methoxy groups -OCH3 is 1. The summed E-state index contributed by atoms with van der Waals surface area (Å²) >= 11 is 0. The molecule has 0 saturated heterocycles. The number of halogens is 4. The van der Waals surface area contributed by atoms with Crippen LogP contribution in [0.2, 0.25) is 0 Å². The van der Waals surface area contributed by atoms with Gasteiger partial charge in [0, 0.05) is 22.2 Å². The number of nitrogens with zero attached hydrogens (tertiary/aromatic N) is 2. The van der Waals surface area contributed by atoms with E-state index < -0.39 is 47.8 Å². The van der Waals surface area contributed by atoms with Crippen molar-refractivity contribution in [2.24, 2.45) is 5.73 Å². The maximum Gasteiger partial charge on any atom is 0.418 e. The van der Waals surface area contributed by atoms with Crippen LogP contribution in [0.3, 0.4) is 0 Å². The van der Waals surface area contributed by atoms with Crippen LogP contribution in [0.1, 0.15) is 41.8 Å². The lowest BCUT2D eigenvalue weighted by Gasteiger charge is -2.38. The first-order chi connectivity index (χ1) is 20.5. The molecule has 0 spiro atoms. The Morgan fingerprint density at radius 1 is 1.07 bits per heavy atom. The number of nitrogens with one attached hydrogen (secondary N) is 2. The fourth-order valence-corrected chi connectivity index (χ4v) is 5.18. The lowest BCUT2D eigenvalue weighted by molar-refractivity contribution is -0.260. The molecular weight excluding hydrogens is 582 g/mol. The number of fused-ring (bicyclic) bond motifs is 1. The number of anilines is 1. The third-order valence-corrected chi connectivity index (χ3v) is 7.35. The van der Waals surface area contributed by atoms with Gasteiger partial charge >= 0.3 is 6.18 Å². The topological polar surface area (TPSA) is 132 Å². The van der Waals surface area contributed by atoms with Crippen LogP contribution in [0.25, 0.3) is 16.6 Å². The summed E-state index contributed by atoms with van der Waals surface area (Å²) in [5, 5.41) is 21.2. The van der Waals surface area contributed by atoms with Crippen molar-refractivity contribution in [1.82, 2.24) is 15.1 Å². The number of aliphatic hydroxyl groups is 1. The Hall–Kier alpha value is -4.65. The molecule has 0 aliphatic heterocycles. The lowest BCUT2D eigenvalue weighted by atomic mass is 9.74. The normalized spacial score (nSPS) is 13.4. The second-order valence-electron chi connectivity index (χ2n) is 11.3. The van der Waals surface area contributed by atoms with Crippen molar-refractivity contribution in [2.75, 3.05) is 25.5 Å². The predicted molar refractivity (Wildman–Crippen MR) is 157 cm³/mol. The first kappa shape index (κ1) is 32.3. The van der Waals surface area contributed by atoms with Crippen LogP contribution >= 0.6 is 0 Å². The maximum atomic E-state index is 14.4. The maximum absolute atomic E-state index is 14.4. The zero-order chi connectivity index (χ0) is 32.4. The number of ether oxygens (including phenoxy) is 1. The molecular formula is C31H33F4N5O4. The first-order valence-corrected chi connectivity index (χ1v) is 13.6. The van der Waals surface area contributed by atoms with Crippen LogP contribution in [0.5, 0.6) is 5.75 Å². The summed E-state index contributed by atoms with van der Waals surface area (Å²) in [4.78, 5) is 23.1. The molecule has 0 aliphatic carbocycles. The summed E-state index contributed by atoms with van der Waals surface area (Å²) in [6.45, 7) is 3.55. The average molecular weight is 616 g/mol. The number of aromatic nitrogens is 2. The number of amides is 2. The summed E-state index contributed by atoms with van der Waals surface area (Å²) in [5.41, 5.74) is 3.17. The second-order valence-corrected chi connectivity index (χ2v) is 11.3. The van der Waals surface area contributed by atoms with Crippen LogP contribution < -0.4 is 21.1 Å². The number of primary amides is 1. The zero-order valence-electron chi connectivity index (χ0n) is 24.6. The minimum absolute atomic E-state index is 0.193. The molecule has 0 saturated carbocycles. The molecule has 44 heavy (non-hydrogen) atoms. The van der Waals surface area contributed by atoms with Gasteiger partial charge in [-0.1, -0.05) is 13.8 Å². The van der Waals surface area contributed by atoms with Gasteiger partial charge in [0.1, 0.15) is 11.6 Å². The van der Waals surface area contributed by atoms with Gasteiger partial charge in [-0.15, -0.1) is 0 Å². The van der Waals surface area contributed by atoms with Gasteiger partial charge in [0.2, 0.25) is 5.91 Å². The minimum Gasteiger partial charge on any atom is -0.496 e. The van der Waals surface area contributed by atoms with Crippen LogP contribution in [0.15, 0.2) is 60.8 Å². The minimum atomic E-state index is -5.03. The number of alkyl halides is 3. The highest BCUT2D eigenvalue weighted by molar-refractivity contribution is 5.97. The fourth-order valence-electron chi connectivity index (χ4n) is 5.18. The van der Waals surface area contributed by atoms with E-state index in [9.17, 15) is 32.3 Å². The van der Waals surface area contributed by atoms with Crippen molar-refractivity contribution in [3.63, 3.8) is 0 Å². The molecule has 1 atom stereocenters. The second kappa shape index (κ2) is 12.2. The van der Waals surface area contributed by atoms with E-state index in [4.69, 9.17) is 10.5 Å². The first-order valence-electron chi connectivity index (χ1n) is 13.6. The Morgan fingerprint density at radius 2 is 1.75 bits per heavy atom. The Morgan fingerprint density at radius 3 is 2.36 bits per heavy atom. The number of benzene rings is 3. The molecule has 2 amide bonds. The van der Waals surface area contributed by atoms with Crippen molar-refractivity contribution in [1.29, 1.82) is 0 Å². The summed E-state index contributed by atoms with van der Waals surface area (Å²) < 4.78 is 64.2. The number of nitrogens with two attached hydrogens (primary N) is 1. The number of carbonyl (C=O) groups excluding carboxylic acids is 2. The van der Waals surface area contributed by atoms with E-state index in [1.807, 2.05) is 0 Å². The molecule has 0 aliphatic rings. The van der Waals surface area contributed by atoms with Crippen molar-refractivity contribution in [3.8, 4) is 11.4 Å². The molecule has 234 valence electrons. The highest BCUT2D eigenvalue weighted by Crippen LogP contribution is 2.44. The Balaban J connectivity index is 1.62. The molecule has 9 nitrogen and oxygen atoms in total. The molecule has 4 rings (SSSR count). The SMILES string of the molecule is COc1ccc(F)cc1C(C)(C)CC(O)(CNc1cc(C)cc2c1cnn2-c1ccc(C(=O)NCC(N)=O)cc1)C(F)(F)F. The third kappa shape index (κ3) is 6.77. The molecule has 13 heteroatoms. The number of aryl methyl sites for hydroxylation is 1. The lowest BCUT2D eigenvalue weighted by Crippen LogP contribution is -2.53. The average Bonchev–Trinajstić information content (AvgIpc) is 3.37. The number of hydrogen-bond acceptors (Lipinski definition) is 6. The monoisotopic (exact) mass is 615 g/mol. The largest absolute Gasteiger partial charge is 0.496 e. The molecule has 4 aromatic rings. The Bertz CT molecular complexity index is 1690. The van der Waals surface area contributed by atoms with Gasteiger partial charge in [0.05, 0.1) is 37.6 Å². The van der Waals surface area contributed by atoms with Crippen molar-refractivity contribution >= 4 is 28.4 Å². The number of carbonyl (C=O) groups is 2. The van der Waals surface area contributed by atoms with E-state index in [2.05, 4.69) is 15.7 Å². The quantitative estimate of drug-likeness (QED) is 0.180. The number of rotatable bonds is 11. The van der Waals surface area contributed by atoms with E-state index >= 15 is 0 Å². The van der Waals surface area contributed by atoms with Crippen molar-refractivity contribution in [2.45, 2.75) is 44.4 Å². The molecule has 1 unspecified atom stereocenters. The summed E-state index contributed by atoms with van der Waals surface area (Å²) in [5.74, 6) is -1.59. The molecule has 0 radical (unpaired) electrons. The molecule has 3 aromatic carbocycles. The summed E-state index contributed by atoms with van der Waals surface area (Å²) in [7, 11) is 1.34. The summed E-state index contributed by atoms with van der Waals surface area (Å²) in [6, 6.07) is 13.4. The van der Waals surface area contributed by atoms with Crippen LogP contribution in [-0.4, -0.2) is 58.7 Å². The fraction of sp³-hybridized carbons (Fsp3) is 0.323. The molecule has 1 aromatic heterocycles. The van der Waals surface area contributed by atoms with Gasteiger partial charge in [-0.05, 0) is 78.9 Å². The third-order valence-electron chi connectivity index (χ3n) is 7.35. The number of hydrogen-bond donors (Lipinski definition) is 4. The molecule has 5 N–H and O–H groups in total. The van der Waals surface area contributed by atoms with E-state index in [0.717, 1.165) is 12.1 Å². The van der Waals surface area contributed by atoms with E-state index in [-0.39, 0.29) is 23.4 Å². The van der Waals surface area contributed by atoms with E-state index in [1.54, 1.807) is 35.9 Å². The zero-order valence-corrected chi connectivity index (χ0v) is 24.6. The van der Waals surface area contributed by atoms with E-state index in [0.29, 0.717) is 27.8 Å². The predicted octanol–water partition coefficient (Wildman–Crippen LogP) is 4.77. The highest BCUT2D eigenvalue weighted by Gasteiger charge is 2.56. The smallest absolute Gasteiger partial charge is 0.418 e. The van der Waals surface area contributed by atoms with Crippen molar-refractivity contribution in [3.05, 3.63) is 83.3 Å². The van der Waals surface area contributed by atoms with Gasteiger partial charge in [0.15, 0.2) is 5.60 Å². The molecule has 1 heterocycles. The van der Waals surface area contributed by atoms with Crippen molar-refractivity contribution < 1.29 is 37.0 Å². The highest BCUT2D eigenvalue weighted by atomic mass is 19.4.